The number of nitrogens with two attached hydrogens (primary N) is 1. The van der Waals surface area contributed by atoms with Gasteiger partial charge >= 0.3 is 0 Å². The predicted molar refractivity (Wildman–Crippen MR) is 53.1 cm³/mol. The molecular formula is C10H22N2. The van der Waals surface area contributed by atoms with E-state index in [1.54, 1.807) is 0 Å². The molecule has 0 spiro atoms. The molecule has 0 atom stereocenters. The van der Waals surface area contributed by atoms with Crippen LogP contribution >= 0.6 is 0 Å². The zero-order chi connectivity index (χ0) is 8.81. The Morgan fingerprint density at radius 2 is 2.08 bits per heavy atom. The summed E-state index contributed by atoms with van der Waals surface area (Å²) in [7, 11) is 2.23. The lowest BCUT2D eigenvalue weighted by Crippen LogP contribution is -2.30. The van der Waals surface area contributed by atoms with E-state index in [1.807, 2.05) is 0 Å². The van der Waals surface area contributed by atoms with E-state index in [-0.39, 0.29) is 0 Å². The van der Waals surface area contributed by atoms with Gasteiger partial charge < -0.3 is 10.6 Å². The second-order valence-electron chi connectivity index (χ2n) is 4.05. The Kier molecular flexibility index (Phi) is 4.62. The quantitative estimate of drug-likeness (QED) is 0.611. The molecule has 0 unspecified atom stereocenters. The van der Waals surface area contributed by atoms with Gasteiger partial charge in [0.2, 0.25) is 0 Å². The minimum absolute atomic E-state index is 0.845. The standard InChI is InChI=1S/C10H22N2/c1-12(8-3-2-7-11)9-10-5-4-6-10/h10H,2-9,11H2,1H3. The van der Waals surface area contributed by atoms with Crippen LogP contribution in [0.4, 0.5) is 0 Å². The maximum absolute atomic E-state index is 5.43. The van der Waals surface area contributed by atoms with Crippen molar-refractivity contribution in [3.05, 3.63) is 0 Å². The van der Waals surface area contributed by atoms with Crippen molar-refractivity contribution in [2.45, 2.75) is 32.1 Å². The first kappa shape index (κ1) is 10.0. The Morgan fingerprint density at radius 3 is 2.58 bits per heavy atom. The van der Waals surface area contributed by atoms with E-state index in [1.165, 1.54) is 45.2 Å². The van der Waals surface area contributed by atoms with Crippen LogP contribution in [0.25, 0.3) is 0 Å². The number of unbranched alkanes of at least 4 members (excludes halogenated alkanes) is 1. The molecule has 1 fully saturated rings. The highest BCUT2D eigenvalue weighted by molar-refractivity contribution is 4.72. The molecule has 2 N–H and O–H groups in total. The lowest BCUT2D eigenvalue weighted by molar-refractivity contribution is 0.203. The molecule has 72 valence electrons. The van der Waals surface area contributed by atoms with Crippen molar-refractivity contribution >= 4 is 0 Å². The summed E-state index contributed by atoms with van der Waals surface area (Å²) in [4.78, 5) is 2.46. The van der Waals surface area contributed by atoms with Gasteiger partial charge in [0.15, 0.2) is 0 Å². The van der Waals surface area contributed by atoms with Gasteiger partial charge in [0.25, 0.3) is 0 Å². The molecule has 2 nitrogen and oxygen atoms in total. The summed E-state index contributed by atoms with van der Waals surface area (Å²) < 4.78 is 0. The van der Waals surface area contributed by atoms with E-state index >= 15 is 0 Å². The Hall–Kier alpha value is -0.0800. The molecule has 0 saturated heterocycles. The van der Waals surface area contributed by atoms with Crippen LogP contribution < -0.4 is 5.73 Å². The third kappa shape index (κ3) is 3.55. The van der Waals surface area contributed by atoms with Crippen molar-refractivity contribution in [1.82, 2.24) is 4.90 Å². The topological polar surface area (TPSA) is 29.3 Å². The van der Waals surface area contributed by atoms with Crippen molar-refractivity contribution in [3.63, 3.8) is 0 Å². The molecule has 0 aromatic rings. The van der Waals surface area contributed by atoms with Gasteiger partial charge in [-0.3, -0.25) is 0 Å². The first-order chi connectivity index (χ1) is 5.83. The summed E-state index contributed by atoms with van der Waals surface area (Å²) in [6, 6.07) is 0. The number of rotatable bonds is 6. The first-order valence-electron chi connectivity index (χ1n) is 5.21. The van der Waals surface area contributed by atoms with E-state index < -0.39 is 0 Å². The third-order valence-corrected chi connectivity index (χ3v) is 2.79. The molecule has 1 aliphatic rings. The van der Waals surface area contributed by atoms with Gasteiger partial charge in [-0.05, 0) is 51.7 Å². The average Bonchev–Trinajstić information content (AvgIpc) is 1.98. The van der Waals surface area contributed by atoms with Crippen molar-refractivity contribution < 1.29 is 0 Å². The maximum Gasteiger partial charge on any atom is 0.000661 e. The van der Waals surface area contributed by atoms with Gasteiger partial charge in [-0.2, -0.15) is 0 Å². The van der Waals surface area contributed by atoms with Crippen LogP contribution in [-0.2, 0) is 0 Å². The minimum atomic E-state index is 0.845. The highest BCUT2D eigenvalue weighted by Gasteiger charge is 2.18. The summed E-state index contributed by atoms with van der Waals surface area (Å²) in [6.07, 6.45) is 6.82. The summed E-state index contributed by atoms with van der Waals surface area (Å²) in [5.74, 6) is 1.01. The summed E-state index contributed by atoms with van der Waals surface area (Å²) in [5, 5.41) is 0. The molecule has 0 radical (unpaired) electrons. The Labute approximate surface area is 76.1 Å². The average molecular weight is 170 g/mol. The number of nitrogens with zero attached hydrogens (tertiary/aromatic N) is 1. The normalized spacial score (nSPS) is 18.2. The number of hydrogen-bond acceptors (Lipinski definition) is 2. The van der Waals surface area contributed by atoms with Gasteiger partial charge in [-0.1, -0.05) is 6.42 Å². The Morgan fingerprint density at radius 1 is 1.33 bits per heavy atom. The Bertz CT molecular complexity index is 110. The van der Waals surface area contributed by atoms with Crippen molar-refractivity contribution in [1.29, 1.82) is 0 Å². The van der Waals surface area contributed by atoms with Crippen LogP contribution in [0.15, 0.2) is 0 Å². The molecule has 1 saturated carbocycles. The summed E-state index contributed by atoms with van der Waals surface area (Å²) in [6.45, 7) is 3.38. The largest absolute Gasteiger partial charge is 0.330 e. The zero-order valence-electron chi connectivity index (χ0n) is 8.26. The summed E-state index contributed by atoms with van der Waals surface area (Å²) >= 11 is 0. The molecular weight excluding hydrogens is 148 g/mol. The molecule has 0 aromatic carbocycles. The second kappa shape index (κ2) is 5.55. The second-order valence-corrected chi connectivity index (χ2v) is 4.05. The van der Waals surface area contributed by atoms with Crippen LogP contribution in [0.5, 0.6) is 0 Å². The highest BCUT2D eigenvalue weighted by Crippen LogP contribution is 2.26. The van der Waals surface area contributed by atoms with Gasteiger partial charge in [0.1, 0.15) is 0 Å². The fourth-order valence-corrected chi connectivity index (χ4v) is 1.73. The molecule has 0 bridgehead atoms. The van der Waals surface area contributed by atoms with E-state index in [0.717, 1.165) is 12.5 Å². The number of hydrogen-bond donors (Lipinski definition) is 1. The van der Waals surface area contributed by atoms with E-state index in [4.69, 9.17) is 5.73 Å². The van der Waals surface area contributed by atoms with Crippen molar-refractivity contribution in [2.24, 2.45) is 11.7 Å². The predicted octanol–water partition coefficient (Wildman–Crippen LogP) is 1.46. The first-order valence-corrected chi connectivity index (χ1v) is 5.21. The molecule has 1 aliphatic carbocycles. The van der Waals surface area contributed by atoms with Crippen LogP contribution in [-0.4, -0.2) is 31.6 Å². The van der Waals surface area contributed by atoms with Crippen molar-refractivity contribution in [2.75, 3.05) is 26.7 Å². The maximum atomic E-state index is 5.43. The Balaban J connectivity index is 1.91. The molecule has 0 aliphatic heterocycles. The monoisotopic (exact) mass is 170 g/mol. The van der Waals surface area contributed by atoms with Crippen LogP contribution in [0.2, 0.25) is 0 Å². The molecule has 1 rings (SSSR count). The fourth-order valence-electron chi connectivity index (χ4n) is 1.73. The molecule has 12 heavy (non-hydrogen) atoms. The minimum Gasteiger partial charge on any atom is -0.330 e. The molecule has 0 amide bonds. The van der Waals surface area contributed by atoms with Gasteiger partial charge in [0.05, 0.1) is 0 Å². The van der Waals surface area contributed by atoms with Crippen LogP contribution in [0, 0.1) is 5.92 Å². The van der Waals surface area contributed by atoms with E-state index in [9.17, 15) is 0 Å². The molecule has 2 heteroatoms. The lowest BCUT2D eigenvalue weighted by Gasteiger charge is -2.30. The smallest absolute Gasteiger partial charge is 0.000661 e. The zero-order valence-corrected chi connectivity index (χ0v) is 8.26. The van der Waals surface area contributed by atoms with Gasteiger partial charge in [0, 0.05) is 6.54 Å². The van der Waals surface area contributed by atoms with Crippen LogP contribution in [0.3, 0.4) is 0 Å². The highest BCUT2D eigenvalue weighted by atomic mass is 15.1. The third-order valence-electron chi connectivity index (χ3n) is 2.79. The summed E-state index contributed by atoms with van der Waals surface area (Å²) in [5.41, 5.74) is 5.43. The SMILES string of the molecule is CN(CCCCN)CC1CCC1. The van der Waals surface area contributed by atoms with Crippen LogP contribution in [0.1, 0.15) is 32.1 Å². The van der Waals surface area contributed by atoms with Gasteiger partial charge in [-0.25, -0.2) is 0 Å². The van der Waals surface area contributed by atoms with E-state index in [2.05, 4.69) is 11.9 Å². The lowest BCUT2D eigenvalue weighted by atomic mass is 9.85. The van der Waals surface area contributed by atoms with Gasteiger partial charge in [-0.15, -0.1) is 0 Å². The van der Waals surface area contributed by atoms with E-state index in [0.29, 0.717) is 0 Å². The molecule has 0 aromatic heterocycles. The fraction of sp³-hybridized carbons (Fsp3) is 1.00. The molecule has 0 heterocycles. The van der Waals surface area contributed by atoms with Crippen molar-refractivity contribution in [3.8, 4) is 0 Å².